The van der Waals surface area contributed by atoms with E-state index in [1.165, 1.54) is 32.1 Å². The molecule has 1 saturated carbocycles. The molecule has 1 aliphatic heterocycles. The molecule has 0 aromatic carbocycles. The van der Waals surface area contributed by atoms with Crippen molar-refractivity contribution in [3.8, 4) is 0 Å². The van der Waals surface area contributed by atoms with E-state index < -0.39 is 0 Å². The minimum absolute atomic E-state index is 0.241. The predicted molar refractivity (Wildman–Crippen MR) is 58.4 cm³/mol. The van der Waals surface area contributed by atoms with Crippen LogP contribution < -0.4 is 5.32 Å². The molecule has 0 amide bonds. The lowest BCUT2D eigenvalue weighted by atomic mass is 9.84. The minimum atomic E-state index is 0.241. The number of ether oxygens (including phenoxy) is 1. The summed E-state index contributed by atoms with van der Waals surface area (Å²) >= 11 is 0. The number of hydrogen-bond acceptors (Lipinski definition) is 2. The van der Waals surface area contributed by atoms with E-state index in [9.17, 15) is 0 Å². The second-order valence-electron chi connectivity index (χ2n) is 4.79. The Bertz CT molecular complexity index is 189. The lowest BCUT2D eigenvalue weighted by Crippen LogP contribution is -2.48. The molecule has 2 fully saturated rings. The Labute approximate surface area is 87.4 Å². The van der Waals surface area contributed by atoms with E-state index in [0.29, 0.717) is 6.04 Å². The van der Waals surface area contributed by atoms with E-state index >= 15 is 0 Å². The molecule has 2 rings (SSSR count). The molecule has 2 unspecified atom stereocenters. The van der Waals surface area contributed by atoms with Crippen LogP contribution in [0.15, 0.2) is 0 Å². The lowest BCUT2D eigenvalue weighted by molar-refractivity contribution is -0.105. The molecule has 1 N–H and O–H groups in total. The van der Waals surface area contributed by atoms with Crippen LogP contribution in [0.5, 0.6) is 0 Å². The third-order valence-corrected chi connectivity index (χ3v) is 3.86. The van der Waals surface area contributed by atoms with Crippen molar-refractivity contribution in [1.29, 1.82) is 0 Å². The Hall–Kier alpha value is -0.0800. The quantitative estimate of drug-likeness (QED) is 0.747. The summed E-state index contributed by atoms with van der Waals surface area (Å²) in [7, 11) is 0. The number of rotatable bonds is 4. The van der Waals surface area contributed by atoms with Crippen LogP contribution >= 0.6 is 0 Å². The third kappa shape index (κ3) is 1.96. The van der Waals surface area contributed by atoms with Gasteiger partial charge in [-0.15, -0.1) is 0 Å². The second kappa shape index (κ2) is 4.19. The lowest BCUT2D eigenvalue weighted by Gasteiger charge is -2.41. The molecule has 0 aromatic heterocycles. The fraction of sp³-hybridized carbons (Fsp3) is 1.00. The van der Waals surface area contributed by atoms with Gasteiger partial charge in [0.15, 0.2) is 0 Å². The Balaban J connectivity index is 1.96. The Morgan fingerprint density at radius 2 is 2.07 bits per heavy atom. The highest BCUT2D eigenvalue weighted by atomic mass is 16.5. The average Bonchev–Trinajstić information content (AvgIpc) is 3.02. The van der Waals surface area contributed by atoms with E-state index in [1.807, 2.05) is 0 Å². The van der Waals surface area contributed by atoms with Gasteiger partial charge in [0, 0.05) is 12.6 Å². The van der Waals surface area contributed by atoms with Crippen LogP contribution in [-0.4, -0.2) is 24.8 Å². The molecule has 1 aliphatic carbocycles. The van der Waals surface area contributed by atoms with Gasteiger partial charge in [-0.3, -0.25) is 0 Å². The SMILES string of the molecule is CCNC1CCOC(CC)(C2CC2)C1. The standard InChI is InChI=1S/C12H23NO/c1-3-12(10-5-6-10)9-11(13-4-2)7-8-14-12/h10-11,13H,3-9H2,1-2H3. The fourth-order valence-corrected chi connectivity index (χ4v) is 2.87. The molecule has 1 heterocycles. The topological polar surface area (TPSA) is 21.3 Å². The first-order valence-electron chi connectivity index (χ1n) is 6.18. The molecule has 0 radical (unpaired) electrons. The maximum absolute atomic E-state index is 6.08. The highest BCUT2D eigenvalue weighted by molar-refractivity contribution is 4.99. The zero-order chi connectivity index (χ0) is 10.0. The van der Waals surface area contributed by atoms with Gasteiger partial charge in [-0.05, 0) is 44.6 Å². The van der Waals surface area contributed by atoms with Crippen molar-refractivity contribution < 1.29 is 4.74 Å². The normalized spacial score (nSPS) is 38.6. The maximum Gasteiger partial charge on any atom is 0.0722 e. The summed E-state index contributed by atoms with van der Waals surface area (Å²) in [6, 6.07) is 0.703. The Kier molecular flexibility index (Phi) is 3.13. The smallest absolute Gasteiger partial charge is 0.0722 e. The maximum atomic E-state index is 6.08. The van der Waals surface area contributed by atoms with Gasteiger partial charge in [-0.2, -0.15) is 0 Å². The van der Waals surface area contributed by atoms with Gasteiger partial charge in [-0.25, -0.2) is 0 Å². The number of nitrogens with one attached hydrogen (secondary N) is 1. The molecule has 2 heteroatoms. The van der Waals surface area contributed by atoms with Crippen molar-refractivity contribution >= 4 is 0 Å². The van der Waals surface area contributed by atoms with Crippen LogP contribution in [0.1, 0.15) is 46.0 Å². The van der Waals surface area contributed by atoms with Crippen molar-refractivity contribution in [2.75, 3.05) is 13.2 Å². The second-order valence-corrected chi connectivity index (χ2v) is 4.79. The first kappa shape index (κ1) is 10.4. The highest BCUT2D eigenvalue weighted by Crippen LogP contribution is 2.48. The molecule has 2 nitrogen and oxygen atoms in total. The molecule has 0 aromatic rings. The van der Waals surface area contributed by atoms with E-state index in [1.54, 1.807) is 0 Å². The van der Waals surface area contributed by atoms with E-state index in [-0.39, 0.29) is 5.60 Å². The van der Waals surface area contributed by atoms with Gasteiger partial charge in [0.25, 0.3) is 0 Å². The number of hydrogen-bond donors (Lipinski definition) is 1. The van der Waals surface area contributed by atoms with Crippen LogP contribution in [0, 0.1) is 5.92 Å². The minimum Gasteiger partial charge on any atom is -0.375 e. The van der Waals surface area contributed by atoms with Crippen molar-refractivity contribution in [1.82, 2.24) is 5.32 Å². The van der Waals surface area contributed by atoms with Crippen LogP contribution in [0.25, 0.3) is 0 Å². The van der Waals surface area contributed by atoms with Gasteiger partial charge < -0.3 is 10.1 Å². The fourth-order valence-electron chi connectivity index (χ4n) is 2.87. The Morgan fingerprint density at radius 1 is 1.29 bits per heavy atom. The zero-order valence-corrected chi connectivity index (χ0v) is 9.51. The molecular weight excluding hydrogens is 174 g/mol. The van der Waals surface area contributed by atoms with Gasteiger partial charge in [0.1, 0.15) is 0 Å². The van der Waals surface area contributed by atoms with Gasteiger partial charge >= 0.3 is 0 Å². The molecule has 14 heavy (non-hydrogen) atoms. The molecule has 1 saturated heterocycles. The summed E-state index contributed by atoms with van der Waals surface area (Å²) in [5.41, 5.74) is 0.241. The van der Waals surface area contributed by atoms with Crippen LogP contribution in [0.3, 0.4) is 0 Å². The first-order valence-corrected chi connectivity index (χ1v) is 6.18. The predicted octanol–water partition coefficient (Wildman–Crippen LogP) is 2.33. The molecular formula is C12H23NO. The van der Waals surface area contributed by atoms with E-state index in [0.717, 1.165) is 19.1 Å². The van der Waals surface area contributed by atoms with Crippen molar-refractivity contribution in [2.24, 2.45) is 5.92 Å². The summed E-state index contributed by atoms with van der Waals surface area (Å²) < 4.78 is 6.08. The van der Waals surface area contributed by atoms with Crippen LogP contribution in [-0.2, 0) is 4.74 Å². The van der Waals surface area contributed by atoms with Crippen molar-refractivity contribution in [2.45, 2.75) is 57.6 Å². The summed E-state index contributed by atoms with van der Waals surface area (Å²) in [6.45, 7) is 6.53. The zero-order valence-electron chi connectivity index (χ0n) is 9.51. The summed E-state index contributed by atoms with van der Waals surface area (Å²) in [5.74, 6) is 0.869. The van der Waals surface area contributed by atoms with Gasteiger partial charge in [0.2, 0.25) is 0 Å². The largest absolute Gasteiger partial charge is 0.375 e. The average molecular weight is 197 g/mol. The molecule has 2 atom stereocenters. The van der Waals surface area contributed by atoms with Crippen molar-refractivity contribution in [3.63, 3.8) is 0 Å². The van der Waals surface area contributed by atoms with E-state index in [4.69, 9.17) is 4.74 Å². The molecule has 0 spiro atoms. The molecule has 2 aliphatic rings. The summed E-state index contributed by atoms with van der Waals surface area (Å²) in [4.78, 5) is 0. The van der Waals surface area contributed by atoms with Crippen molar-refractivity contribution in [3.05, 3.63) is 0 Å². The molecule has 82 valence electrons. The third-order valence-electron chi connectivity index (χ3n) is 3.86. The monoisotopic (exact) mass is 197 g/mol. The highest BCUT2D eigenvalue weighted by Gasteiger charge is 2.47. The Morgan fingerprint density at radius 3 is 2.64 bits per heavy atom. The molecule has 0 bridgehead atoms. The van der Waals surface area contributed by atoms with Crippen LogP contribution in [0.4, 0.5) is 0 Å². The van der Waals surface area contributed by atoms with Crippen LogP contribution in [0.2, 0.25) is 0 Å². The first-order chi connectivity index (χ1) is 6.80. The van der Waals surface area contributed by atoms with Gasteiger partial charge in [0.05, 0.1) is 5.60 Å². The summed E-state index contributed by atoms with van der Waals surface area (Å²) in [5, 5.41) is 3.58. The summed E-state index contributed by atoms with van der Waals surface area (Å²) in [6.07, 6.45) is 6.42. The van der Waals surface area contributed by atoms with E-state index in [2.05, 4.69) is 19.2 Å². The van der Waals surface area contributed by atoms with Gasteiger partial charge in [-0.1, -0.05) is 13.8 Å².